The van der Waals surface area contributed by atoms with Crippen LogP contribution in [0.15, 0.2) is 60.7 Å². The van der Waals surface area contributed by atoms with Gasteiger partial charge >= 0.3 is 0 Å². The Balaban J connectivity index is -0.000000452. The minimum Gasteiger partial charge on any atom is -0.330 e. The summed E-state index contributed by atoms with van der Waals surface area (Å²) >= 11 is 0. The number of nitrogens with two attached hydrogens (primary N) is 1. The van der Waals surface area contributed by atoms with E-state index in [0.29, 0.717) is 5.75 Å². The second kappa shape index (κ2) is 26.8. The SMILES string of the molecule is CCN(CC)CC.CCS(=O)(=O)CCCc1ccccc1.CCS(C)(=O)=O.NCCc1ccccc1.[2H]CF. The summed E-state index contributed by atoms with van der Waals surface area (Å²) in [5.41, 5.74) is 7.89. The lowest BCUT2D eigenvalue weighted by Crippen LogP contribution is -2.21. The lowest BCUT2D eigenvalue weighted by atomic mass is 10.1. The molecule has 2 rings (SSSR count). The van der Waals surface area contributed by atoms with Crippen molar-refractivity contribution in [2.75, 3.05) is 56.8 Å². The fourth-order valence-corrected chi connectivity index (χ4v) is 3.64. The molecule has 2 aromatic rings. The third-order valence-electron chi connectivity index (χ3n) is 5.35. The molecule has 0 spiro atoms. The molecule has 0 fully saturated rings. The van der Waals surface area contributed by atoms with E-state index in [1.807, 2.05) is 48.5 Å². The molecule has 0 saturated heterocycles. The average molecular weight is 578 g/mol. The zero-order valence-corrected chi connectivity index (χ0v) is 26.0. The zero-order chi connectivity index (χ0) is 30.6. The molecule has 0 aromatic heterocycles. The van der Waals surface area contributed by atoms with Gasteiger partial charge in [0.15, 0.2) is 0 Å². The molecule has 38 heavy (non-hydrogen) atoms. The van der Waals surface area contributed by atoms with Crippen LogP contribution in [0.3, 0.4) is 0 Å². The topological polar surface area (TPSA) is 97.5 Å². The van der Waals surface area contributed by atoms with E-state index in [9.17, 15) is 21.2 Å². The standard InChI is InChI=1S/C11H16O2S.C8H11N.C6H15N.C3H8O2S.CH3F/c1-2-14(12,13)10-6-9-11-7-4-3-5-8-11;9-7-6-8-4-2-1-3-5-8;1-4-7(5-2)6-3;1-3-6(2,4)5;1-2/h3-5,7-8H,2,6,9-10H2,1H3;1-5H,6-7,9H2;4-6H2,1-3H3;3H2,1-2H3;1H3/i;;;;1D. The van der Waals surface area contributed by atoms with E-state index >= 15 is 0 Å². The smallest absolute Gasteiger partial charge is 0.150 e. The van der Waals surface area contributed by atoms with E-state index in [4.69, 9.17) is 7.10 Å². The summed E-state index contributed by atoms with van der Waals surface area (Å²) in [6.07, 6.45) is 3.77. The number of benzene rings is 2. The molecule has 0 unspecified atom stereocenters. The Hall–Kier alpha value is -1.81. The van der Waals surface area contributed by atoms with Gasteiger partial charge in [0.1, 0.15) is 19.7 Å². The van der Waals surface area contributed by atoms with E-state index < -0.39 is 26.8 Å². The van der Waals surface area contributed by atoms with Crippen molar-refractivity contribution in [3.63, 3.8) is 0 Å². The first-order valence-corrected chi connectivity index (χ1v) is 17.0. The summed E-state index contributed by atoms with van der Waals surface area (Å²) in [4.78, 5) is 2.38. The second-order valence-corrected chi connectivity index (χ2v) is 13.1. The number of halogens is 1. The van der Waals surface area contributed by atoms with Gasteiger partial charge in [-0.2, -0.15) is 0 Å². The molecule has 0 amide bonds. The molecule has 0 radical (unpaired) electrons. The molecule has 6 nitrogen and oxygen atoms in total. The van der Waals surface area contributed by atoms with Crippen molar-refractivity contribution in [1.82, 2.24) is 4.90 Å². The van der Waals surface area contributed by atoms with Crippen LogP contribution in [0, 0.1) is 0 Å². The summed E-state index contributed by atoms with van der Waals surface area (Å²) in [5, 5.41) is 0. The van der Waals surface area contributed by atoms with Crippen LogP contribution in [0.4, 0.5) is 4.39 Å². The molecule has 9 heteroatoms. The molecule has 2 N–H and O–H groups in total. The van der Waals surface area contributed by atoms with Gasteiger partial charge in [0.25, 0.3) is 0 Å². The van der Waals surface area contributed by atoms with Crippen LogP contribution in [0.1, 0.15) is 53.5 Å². The van der Waals surface area contributed by atoms with Gasteiger partial charge in [-0.3, -0.25) is 4.39 Å². The Morgan fingerprint density at radius 3 is 1.39 bits per heavy atom. The summed E-state index contributed by atoms with van der Waals surface area (Å²) in [6, 6.07) is 20.2. The van der Waals surface area contributed by atoms with Crippen LogP contribution < -0.4 is 5.73 Å². The fourth-order valence-electron chi connectivity index (χ4n) is 2.77. The van der Waals surface area contributed by atoms with Gasteiger partial charge in [-0.1, -0.05) is 95.3 Å². The lowest BCUT2D eigenvalue weighted by molar-refractivity contribution is 0.321. The molecule has 2 aromatic carbocycles. The summed E-state index contributed by atoms with van der Waals surface area (Å²) in [7, 11) is -6.45. The van der Waals surface area contributed by atoms with Crippen LogP contribution in [0.2, 0.25) is 0 Å². The largest absolute Gasteiger partial charge is 0.330 e. The third kappa shape index (κ3) is 28.8. The third-order valence-corrected chi connectivity index (χ3v) is 8.18. The monoisotopic (exact) mass is 577 g/mol. The Morgan fingerprint density at radius 1 is 0.763 bits per heavy atom. The number of hydrogen-bond donors (Lipinski definition) is 1. The number of hydrogen-bond acceptors (Lipinski definition) is 6. The van der Waals surface area contributed by atoms with Gasteiger partial charge < -0.3 is 10.6 Å². The van der Waals surface area contributed by atoms with E-state index in [1.54, 1.807) is 13.8 Å². The maximum atomic E-state index is 11.2. The predicted octanol–water partition coefficient (Wildman–Crippen LogP) is 5.23. The van der Waals surface area contributed by atoms with Crippen molar-refractivity contribution in [3.05, 3.63) is 71.8 Å². The van der Waals surface area contributed by atoms with Crippen molar-refractivity contribution in [1.29, 1.82) is 0 Å². The van der Waals surface area contributed by atoms with Gasteiger partial charge in [-0.15, -0.1) is 0 Å². The van der Waals surface area contributed by atoms with Gasteiger partial charge in [-0.05, 0) is 56.6 Å². The van der Waals surface area contributed by atoms with Crippen molar-refractivity contribution >= 4 is 19.7 Å². The molecule has 222 valence electrons. The Bertz CT molecular complexity index is 969. The van der Waals surface area contributed by atoms with Crippen molar-refractivity contribution < 1.29 is 22.6 Å². The van der Waals surface area contributed by atoms with E-state index in [2.05, 4.69) is 37.8 Å². The molecular formula is C29H53FN2O4S2. The first kappa shape index (κ1) is 38.3. The Morgan fingerprint density at radius 2 is 1.13 bits per heavy atom. The average Bonchev–Trinajstić information content (AvgIpc) is 2.92. The Labute approximate surface area is 235 Å². The predicted molar refractivity (Wildman–Crippen MR) is 164 cm³/mol. The summed E-state index contributed by atoms with van der Waals surface area (Å²) < 4.78 is 57.9. The number of nitrogens with zero attached hydrogens (tertiary/aromatic N) is 1. The molecule has 0 atom stereocenters. The number of rotatable bonds is 11. The quantitative estimate of drug-likeness (QED) is 0.393. The van der Waals surface area contributed by atoms with Crippen LogP contribution in [-0.2, 0) is 32.5 Å². The summed E-state index contributed by atoms with van der Waals surface area (Å²) in [5.74, 6) is 0.799. The second-order valence-electron chi connectivity index (χ2n) is 8.18. The minimum atomic E-state index is -2.79. The van der Waals surface area contributed by atoms with Gasteiger partial charge in [0.2, 0.25) is 0 Å². The minimum absolute atomic E-state index is 0.243. The number of aryl methyl sites for hydroxylation is 1. The number of sulfone groups is 2. The van der Waals surface area contributed by atoms with Crippen LogP contribution in [0.25, 0.3) is 0 Å². The fraction of sp³-hybridized carbons (Fsp3) is 0.586. The maximum absolute atomic E-state index is 11.2. The molecule has 0 saturated carbocycles. The lowest BCUT2D eigenvalue weighted by Gasteiger charge is -2.13. The van der Waals surface area contributed by atoms with Gasteiger partial charge in [0.05, 0.1) is 14.3 Å². The molecule has 0 aliphatic rings. The van der Waals surface area contributed by atoms with Gasteiger partial charge in [0, 0.05) is 17.8 Å². The van der Waals surface area contributed by atoms with E-state index in [-0.39, 0.29) is 11.5 Å². The van der Waals surface area contributed by atoms with Crippen LogP contribution in [-0.4, -0.2) is 78.6 Å². The highest BCUT2D eigenvalue weighted by Gasteiger charge is 2.06. The van der Waals surface area contributed by atoms with Crippen LogP contribution >= 0.6 is 0 Å². The highest BCUT2D eigenvalue weighted by molar-refractivity contribution is 7.91. The normalized spacial score (nSPS) is 10.7. The summed E-state index contributed by atoms with van der Waals surface area (Å²) in [6.45, 7) is 14.2. The first-order chi connectivity index (χ1) is 18.4. The van der Waals surface area contributed by atoms with Crippen molar-refractivity contribution in [3.8, 4) is 0 Å². The van der Waals surface area contributed by atoms with Crippen molar-refractivity contribution in [2.45, 2.75) is 53.9 Å². The molecule has 0 bridgehead atoms. The van der Waals surface area contributed by atoms with E-state index in [1.165, 1.54) is 37.0 Å². The van der Waals surface area contributed by atoms with Crippen LogP contribution in [0.5, 0.6) is 0 Å². The zero-order valence-electron chi connectivity index (χ0n) is 25.4. The molecule has 0 aliphatic carbocycles. The number of alkyl halides is 1. The van der Waals surface area contributed by atoms with Crippen molar-refractivity contribution in [2.24, 2.45) is 5.73 Å². The molecular weight excluding hydrogens is 523 g/mol. The van der Waals surface area contributed by atoms with Gasteiger partial charge in [-0.25, -0.2) is 16.8 Å². The molecule has 0 aliphatic heterocycles. The Kier molecular flexibility index (Phi) is 27.0. The van der Waals surface area contributed by atoms with E-state index in [0.717, 1.165) is 25.8 Å². The maximum Gasteiger partial charge on any atom is 0.150 e. The molecule has 0 heterocycles. The highest BCUT2D eigenvalue weighted by atomic mass is 32.2. The highest BCUT2D eigenvalue weighted by Crippen LogP contribution is 2.04. The first-order valence-electron chi connectivity index (χ1n) is 13.8.